The Balaban J connectivity index is 2.25. The summed E-state index contributed by atoms with van der Waals surface area (Å²) in [4.78, 5) is 36.3. The van der Waals surface area contributed by atoms with E-state index in [1.807, 2.05) is 0 Å². The van der Waals surface area contributed by atoms with Crippen LogP contribution in [0.3, 0.4) is 0 Å². The summed E-state index contributed by atoms with van der Waals surface area (Å²) in [6, 6.07) is 4.64. The Kier molecular flexibility index (Phi) is 4.03. The number of benzene rings is 1. The third kappa shape index (κ3) is 2.79. The van der Waals surface area contributed by atoms with Gasteiger partial charge in [-0.2, -0.15) is 0 Å². The molecular weight excluding hydrogens is 330 g/mol. The fourth-order valence-electron chi connectivity index (χ4n) is 2.03. The number of halogens is 1. The van der Waals surface area contributed by atoms with Crippen molar-refractivity contribution < 1.29 is 14.5 Å². The first-order valence-electron chi connectivity index (χ1n) is 5.88. The number of anilines is 1. The van der Waals surface area contributed by atoms with Gasteiger partial charge in [0, 0.05) is 30.4 Å². The summed E-state index contributed by atoms with van der Waals surface area (Å²) in [6.07, 6.45) is 0.407. The number of hydrogen-bond donors (Lipinski definition) is 0. The van der Waals surface area contributed by atoms with E-state index in [4.69, 9.17) is 0 Å². The number of nitro groups is 1. The fourth-order valence-corrected chi connectivity index (χ4v) is 2.38. The van der Waals surface area contributed by atoms with Crippen molar-refractivity contribution in [3.63, 3.8) is 0 Å². The van der Waals surface area contributed by atoms with Crippen molar-refractivity contribution in [2.24, 2.45) is 0 Å². The predicted molar refractivity (Wildman–Crippen MR) is 75.2 cm³/mol. The summed E-state index contributed by atoms with van der Waals surface area (Å²) >= 11 is 3.18. The smallest absolute Gasteiger partial charge is 0.293 e. The summed E-state index contributed by atoms with van der Waals surface area (Å²) in [5, 5.41) is 11.1. The molecule has 0 radical (unpaired) electrons. The second kappa shape index (κ2) is 5.58. The molecule has 106 valence electrons. The quantitative estimate of drug-likeness (QED) is 0.474. The minimum atomic E-state index is -0.496. The number of likely N-dealkylation sites (tertiary alicyclic amines) is 1. The van der Waals surface area contributed by atoms with E-state index >= 15 is 0 Å². The molecule has 1 saturated heterocycles. The summed E-state index contributed by atoms with van der Waals surface area (Å²) in [5.74, 6) is -0.497. The highest BCUT2D eigenvalue weighted by atomic mass is 79.9. The van der Waals surface area contributed by atoms with Gasteiger partial charge in [-0.15, -0.1) is 0 Å². The molecule has 1 heterocycles. The molecule has 0 aromatic heterocycles. The van der Waals surface area contributed by atoms with Crippen LogP contribution < -0.4 is 4.90 Å². The molecule has 0 spiro atoms. The average Bonchev–Trinajstić information content (AvgIpc) is 2.70. The van der Waals surface area contributed by atoms with E-state index in [9.17, 15) is 19.7 Å². The number of nitro benzene ring substituents is 1. The fraction of sp³-hybridized carbons (Fsp3) is 0.333. The standard InChI is InChI=1S/C12H12BrN3O4/c1-14(7-15-11(17)4-5-12(15)18)9-3-2-8(13)6-10(9)16(19)20/h2-3,6H,4-5,7H2,1H3. The van der Waals surface area contributed by atoms with Crippen LogP contribution in [0.15, 0.2) is 22.7 Å². The lowest BCUT2D eigenvalue weighted by molar-refractivity contribution is -0.384. The molecule has 1 aliphatic rings. The van der Waals surface area contributed by atoms with Crippen molar-refractivity contribution >= 4 is 39.1 Å². The molecule has 0 aliphatic carbocycles. The molecule has 1 aromatic rings. The van der Waals surface area contributed by atoms with Crippen LogP contribution in [0.4, 0.5) is 11.4 Å². The Labute approximate surface area is 123 Å². The minimum Gasteiger partial charge on any atom is -0.351 e. The molecule has 0 bridgehead atoms. The summed E-state index contributed by atoms with van der Waals surface area (Å²) in [6.45, 7) is 0.0140. The van der Waals surface area contributed by atoms with Crippen LogP contribution in [-0.2, 0) is 9.59 Å². The van der Waals surface area contributed by atoms with Crippen LogP contribution in [0.1, 0.15) is 12.8 Å². The van der Waals surface area contributed by atoms with Crippen molar-refractivity contribution in [3.05, 3.63) is 32.8 Å². The highest BCUT2D eigenvalue weighted by Crippen LogP contribution is 2.31. The zero-order chi connectivity index (χ0) is 14.9. The zero-order valence-corrected chi connectivity index (χ0v) is 12.3. The largest absolute Gasteiger partial charge is 0.351 e. The molecule has 2 amide bonds. The highest BCUT2D eigenvalue weighted by Gasteiger charge is 2.30. The first-order valence-corrected chi connectivity index (χ1v) is 6.67. The van der Waals surface area contributed by atoms with Gasteiger partial charge in [0.25, 0.3) is 5.69 Å². The normalized spacial score (nSPS) is 14.8. The SMILES string of the molecule is CN(CN1C(=O)CCC1=O)c1ccc(Br)cc1[N+](=O)[O-]. The lowest BCUT2D eigenvalue weighted by Crippen LogP contribution is -2.39. The van der Waals surface area contributed by atoms with Gasteiger partial charge in [0.15, 0.2) is 0 Å². The number of carbonyl (C=O) groups is 2. The number of amides is 2. The van der Waals surface area contributed by atoms with Crippen LogP contribution >= 0.6 is 15.9 Å². The molecule has 1 aromatic carbocycles. The Morgan fingerprint density at radius 3 is 2.50 bits per heavy atom. The van der Waals surface area contributed by atoms with Crippen LogP contribution in [0.2, 0.25) is 0 Å². The first kappa shape index (κ1) is 14.4. The number of imide groups is 1. The molecular formula is C12H12BrN3O4. The van der Waals surface area contributed by atoms with E-state index in [2.05, 4.69) is 15.9 Å². The maximum absolute atomic E-state index is 11.6. The van der Waals surface area contributed by atoms with E-state index in [0.717, 1.165) is 4.90 Å². The Morgan fingerprint density at radius 2 is 1.95 bits per heavy atom. The van der Waals surface area contributed by atoms with Crippen LogP contribution in [0.25, 0.3) is 0 Å². The maximum atomic E-state index is 11.6. The summed E-state index contributed by atoms with van der Waals surface area (Å²) in [5.41, 5.74) is 0.270. The highest BCUT2D eigenvalue weighted by molar-refractivity contribution is 9.10. The average molecular weight is 342 g/mol. The lowest BCUT2D eigenvalue weighted by atomic mass is 10.2. The van der Waals surface area contributed by atoms with Crippen LogP contribution in [-0.4, -0.2) is 35.4 Å². The summed E-state index contributed by atoms with van der Waals surface area (Å²) in [7, 11) is 1.61. The summed E-state index contributed by atoms with van der Waals surface area (Å²) < 4.78 is 0.592. The van der Waals surface area contributed by atoms with Crippen LogP contribution in [0.5, 0.6) is 0 Å². The van der Waals surface area contributed by atoms with Crippen molar-refractivity contribution in [2.75, 3.05) is 18.6 Å². The molecule has 1 fully saturated rings. The second-order valence-corrected chi connectivity index (χ2v) is 5.36. The molecule has 0 atom stereocenters. The zero-order valence-electron chi connectivity index (χ0n) is 10.7. The topological polar surface area (TPSA) is 83.8 Å². The molecule has 1 aliphatic heterocycles. The van der Waals surface area contributed by atoms with E-state index in [-0.39, 0.29) is 37.0 Å². The number of rotatable bonds is 4. The van der Waals surface area contributed by atoms with E-state index in [1.54, 1.807) is 19.2 Å². The van der Waals surface area contributed by atoms with Gasteiger partial charge in [-0.05, 0) is 12.1 Å². The van der Waals surface area contributed by atoms with Gasteiger partial charge in [0.2, 0.25) is 11.8 Å². The third-order valence-corrected chi connectivity index (χ3v) is 3.55. The van der Waals surface area contributed by atoms with E-state index < -0.39 is 4.92 Å². The molecule has 0 N–H and O–H groups in total. The van der Waals surface area contributed by atoms with Gasteiger partial charge in [-0.25, -0.2) is 0 Å². The van der Waals surface area contributed by atoms with Gasteiger partial charge < -0.3 is 4.90 Å². The lowest BCUT2D eigenvalue weighted by Gasteiger charge is -2.24. The van der Waals surface area contributed by atoms with Crippen molar-refractivity contribution in [1.82, 2.24) is 4.90 Å². The van der Waals surface area contributed by atoms with Crippen LogP contribution in [0, 0.1) is 10.1 Å². The first-order chi connectivity index (χ1) is 9.40. The van der Waals surface area contributed by atoms with Gasteiger partial charge in [-0.3, -0.25) is 24.6 Å². The molecule has 7 nitrogen and oxygen atoms in total. The van der Waals surface area contributed by atoms with Gasteiger partial charge in [0.05, 0.1) is 4.92 Å². The van der Waals surface area contributed by atoms with Crippen molar-refractivity contribution in [3.8, 4) is 0 Å². The number of hydrogen-bond acceptors (Lipinski definition) is 5. The molecule has 20 heavy (non-hydrogen) atoms. The Morgan fingerprint density at radius 1 is 1.35 bits per heavy atom. The second-order valence-electron chi connectivity index (χ2n) is 4.45. The van der Waals surface area contributed by atoms with Crippen molar-refractivity contribution in [1.29, 1.82) is 0 Å². The molecule has 2 rings (SSSR count). The minimum absolute atomic E-state index is 0.0140. The third-order valence-electron chi connectivity index (χ3n) is 3.05. The molecule has 0 saturated carbocycles. The number of carbonyl (C=O) groups excluding carboxylic acids is 2. The maximum Gasteiger partial charge on any atom is 0.293 e. The molecule has 0 unspecified atom stereocenters. The monoisotopic (exact) mass is 341 g/mol. The van der Waals surface area contributed by atoms with E-state index in [1.165, 1.54) is 11.0 Å². The predicted octanol–water partition coefficient (Wildman–Crippen LogP) is 1.90. The Hall–Kier alpha value is -1.96. The number of nitrogens with zero attached hydrogens (tertiary/aromatic N) is 3. The van der Waals surface area contributed by atoms with Gasteiger partial charge in [-0.1, -0.05) is 15.9 Å². The van der Waals surface area contributed by atoms with E-state index in [0.29, 0.717) is 10.2 Å². The van der Waals surface area contributed by atoms with Gasteiger partial charge >= 0.3 is 0 Å². The van der Waals surface area contributed by atoms with Crippen molar-refractivity contribution in [2.45, 2.75) is 12.8 Å². The molecule has 8 heteroatoms. The Bertz CT molecular complexity index is 574. The van der Waals surface area contributed by atoms with Gasteiger partial charge in [0.1, 0.15) is 12.4 Å².